The van der Waals surface area contributed by atoms with Gasteiger partial charge in [-0.3, -0.25) is 5.41 Å². The monoisotopic (exact) mass is 152 g/mol. The van der Waals surface area contributed by atoms with Gasteiger partial charge in [-0.2, -0.15) is 0 Å². The summed E-state index contributed by atoms with van der Waals surface area (Å²) in [7, 11) is 0. The number of hydrogen-bond donors (Lipinski definition) is 1. The zero-order valence-electron chi connectivity index (χ0n) is 7.19. The van der Waals surface area contributed by atoms with E-state index in [2.05, 4.69) is 11.8 Å². The first-order valence-electron chi connectivity index (χ1n) is 4.58. The first-order valence-corrected chi connectivity index (χ1v) is 4.58. The maximum absolute atomic E-state index is 7.60. The van der Waals surface area contributed by atoms with E-state index >= 15 is 0 Å². The van der Waals surface area contributed by atoms with E-state index in [1.807, 2.05) is 0 Å². The van der Waals surface area contributed by atoms with E-state index in [1.165, 1.54) is 32.4 Å². The Morgan fingerprint density at radius 1 is 1.45 bits per heavy atom. The van der Waals surface area contributed by atoms with E-state index < -0.39 is 0 Å². The van der Waals surface area contributed by atoms with Gasteiger partial charge in [0, 0.05) is 24.9 Å². The predicted octanol–water partition coefficient (Wildman–Crippen LogP) is 1.86. The van der Waals surface area contributed by atoms with Crippen LogP contribution in [0.3, 0.4) is 0 Å². The van der Waals surface area contributed by atoms with Crippen LogP contribution in [0.4, 0.5) is 0 Å². The number of likely N-dealkylation sites (tertiary alicyclic amines) is 1. The third-order valence-corrected chi connectivity index (χ3v) is 3.18. The van der Waals surface area contributed by atoms with Crippen molar-refractivity contribution in [3.05, 3.63) is 0 Å². The summed E-state index contributed by atoms with van der Waals surface area (Å²) in [5.74, 6) is 0.836. The Morgan fingerprint density at radius 3 is 2.45 bits per heavy atom. The van der Waals surface area contributed by atoms with Gasteiger partial charge < -0.3 is 4.90 Å². The molecule has 2 aliphatic rings. The van der Waals surface area contributed by atoms with E-state index in [0.717, 1.165) is 12.3 Å². The summed E-state index contributed by atoms with van der Waals surface area (Å²) < 4.78 is 0. The summed E-state index contributed by atoms with van der Waals surface area (Å²) in [6, 6.07) is 0. The van der Waals surface area contributed by atoms with Crippen molar-refractivity contribution >= 4 is 5.84 Å². The van der Waals surface area contributed by atoms with Crippen molar-refractivity contribution in [2.45, 2.75) is 32.6 Å². The molecular formula is C9H16N2. The van der Waals surface area contributed by atoms with Crippen LogP contribution in [0.15, 0.2) is 0 Å². The molecule has 1 saturated carbocycles. The number of nitrogens with one attached hydrogen (secondary N) is 1. The molecule has 62 valence electrons. The highest BCUT2D eigenvalue weighted by Crippen LogP contribution is 2.48. The zero-order chi connectivity index (χ0) is 7.90. The standard InChI is InChI=1S/C9H16N2/c1-2-8(10)11-6-9(7-11)4-3-5-9/h10H,2-7H2,1H3. The molecule has 0 atom stereocenters. The lowest BCUT2D eigenvalue weighted by Crippen LogP contribution is -2.61. The summed E-state index contributed by atoms with van der Waals surface area (Å²) in [5.41, 5.74) is 0.682. The van der Waals surface area contributed by atoms with Gasteiger partial charge in [-0.1, -0.05) is 13.3 Å². The molecule has 0 aromatic carbocycles. The van der Waals surface area contributed by atoms with E-state index in [0.29, 0.717) is 5.41 Å². The second-order valence-corrected chi connectivity index (χ2v) is 4.01. The molecule has 1 aliphatic heterocycles. The average Bonchev–Trinajstić information content (AvgIpc) is 1.81. The van der Waals surface area contributed by atoms with E-state index in [1.54, 1.807) is 0 Å². The van der Waals surface area contributed by atoms with Gasteiger partial charge in [0.05, 0.1) is 5.84 Å². The summed E-state index contributed by atoms with van der Waals surface area (Å²) in [5, 5.41) is 7.60. The van der Waals surface area contributed by atoms with Crippen LogP contribution >= 0.6 is 0 Å². The molecule has 0 bridgehead atoms. The second kappa shape index (κ2) is 2.23. The maximum atomic E-state index is 7.60. The van der Waals surface area contributed by atoms with Gasteiger partial charge in [0.15, 0.2) is 0 Å². The van der Waals surface area contributed by atoms with E-state index in [9.17, 15) is 0 Å². The summed E-state index contributed by atoms with van der Waals surface area (Å²) >= 11 is 0. The lowest BCUT2D eigenvalue weighted by Gasteiger charge is -2.56. The molecule has 1 heterocycles. The Labute approximate surface area is 68.1 Å². The van der Waals surface area contributed by atoms with Crippen LogP contribution in [-0.4, -0.2) is 23.8 Å². The molecule has 1 aliphatic carbocycles. The SMILES string of the molecule is CCC(=N)N1CC2(CCC2)C1. The third-order valence-electron chi connectivity index (χ3n) is 3.18. The lowest BCUT2D eigenvalue weighted by molar-refractivity contribution is -0.0184. The van der Waals surface area contributed by atoms with Crippen LogP contribution in [0.5, 0.6) is 0 Å². The normalized spacial score (nSPS) is 26.1. The number of rotatable bonds is 1. The minimum Gasteiger partial charge on any atom is -0.359 e. The van der Waals surface area contributed by atoms with Crippen LogP contribution in [0.2, 0.25) is 0 Å². The molecule has 0 amide bonds. The average molecular weight is 152 g/mol. The summed E-state index contributed by atoms with van der Waals surface area (Å²) in [6.07, 6.45) is 5.16. The van der Waals surface area contributed by atoms with Crippen LogP contribution in [0.25, 0.3) is 0 Å². The smallest absolute Gasteiger partial charge is 0.0955 e. The third kappa shape index (κ3) is 0.959. The molecule has 1 spiro atoms. The van der Waals surface area contributed by atoms with Gasteiger partial charge in [0.25, 0.3) is 0 Å². The Bertz CT molecular complexity index is 174. The first-order chi connectivity index (χ1) is 5.26. The van der Waals surface area contributed by atoms with Crippen LogP contribution in [-0.2, 0) is 0 Å². The largest absolute Gasteiger partial charge is 0.359 e. The zero-order valence-corrected chi connectivity index (χ0v) is 7.19. The second-order valence-electron chi connectivity index (χ2n) is 4.01. The van der Waals surface area contributed by atoms with Crippen molar-refractivity contribution in [1.82, 2.24) is 4.90 Å². The minimum atomic E-state index is 0.682. The van der Waals surface area contributed by atoms with Crippen molar-refractivity contribution in [3.8, 4) is 0 Å². The highest BCUT2D eigenvalue weighted by atomic mass is 15.2. The highest BCUT2D eigenvalue weighted by Gasteiger charge is 2.47. The molecule has 0 aromatic heterocycles. The molecule has 1 N–H and O–H groups in total. The van der Waals surface area contributed by atoms with Crippen LogP contribution < -0.4 is 0 Å². The Kier molecular flexibility index (Phi) is 1.44. The van der Waals surface area contributed by atoms with E-state index in [4.69, 9.17) is 5.41 Å². The molecule has 2 fully saturated rings. The van der Waals surface area contributed by atoms with Gasteiger partial charge in [-0.15, -0.1) is 0 Å². The van der Waals surface area contributed by atoms with Gasteiger partial charge in [-0.05, 0) is 12.8 Å². The minimum absolute atomic E-state index is 0.682. The fourth-order valence-corrected chi connectivity index (χ4v) is 2.17. The molecule has 0 unspecified atom stereocenters. The molecule has 0 aromatic rings. The topological polar surface area (TPSA) is 27.1 Å². The molecule has 2 heteroatoms. The molecular weight excluding hydrogens is 136 g/mol. The lowest BCUT2D eigenvalue weighted by atomic mass is 9.63. The molecule has 2 rings (SSSR count). The number of nitrogens with zero attached hydrogens (tertiary/aromatic N) is 1. The Hall–Kier alpha value is -0.530. The first kappa shape index (κ1) is 7.14. The van der Waals surface area contributed by atoms with Crippen LogP contribution in [0.1, 0.15) is 32.6 Å². The Morgan fingerprint density at radius 2 is 2.09 bits per heavy atom. The van der Waals surface area contributed by atoms with Crippen molar-refractivity contribution in [1.29, 1.82) is 5.41 Å². The fraction of sp³-hybridized carbons (Fsp3) is 0.889. The van der Waals surface area contributed by atoms with Crippen molar-refractivity contribution in [2.75, 3.05) is 13.1 Å². The van der Waals surface area contributed by atoms with Crippen molar-refractivity contribution < 1.29 is 0 Å². The van der Waals surface area contributed by atoms with Gasteiger partial charge in [0.1, 0.15) is 0 Å². The van der Waals surface area contributed by atoms with Crippen LogP contribution in [0, 0.1) is 10.8 Å². The quantitative estimate of drug-likeness (QED) is 0.450. The summed E-state index contributed by atoms with van der Waals surface area (Å²) in [6.45, 7) is 4.42. The van der Waals surface area contributed by atoms with Gasteiger partial charge in [-0.25, -0.2) is 0 Å². The maximum Gasteiger partial charge on any atom is 0.0955 e. The molecule has 11 heavy (non-hydrogen) atoms. The van der Waals surface area contributed by atoms with Crippen molar-refractivity contribution in [2.24, 2.45) is 5.41 Å². The molecule has 0 radical (unpaired) electrons. The van der Waals surface area contributed by atoms with E-state index in [-0.39, 0.29) is 0 Å². The summed E-state index contributed by atoms with van der Waals surface area (Å²) in [4.78, 5) is 2.22. The molecule has 1 saturated heterocycles. The van der Waals surface area contributed by atoms with Gasteiger partial charge in [0.2, 0.25) is 0 Å². The number of hydrogen-bond acceptors (Lipinski definition) is 1. The molecule has 2 nitrogen and oxygen atoms in total. The fourth-order valence-electron chi connectivity index (χ4n) is 2.17. The Balaban J connectivity index is 1.83. The number of amidine groups is 1. The highest BCUT2D eigenvalue weighted by molar-refractivity contribution is 5.79. The van der Waals surface area contributed by atoms with Crippen molar-refractivity contribution in [3.63, 3.8) is 0 Å². The van der Waals surface area contributed by atoms with Gasteiger partial charge >= 0.3 is 0 Å². The predicted molar refractivity (Wildman–Crippen MR) is 45.9 cm³/mol.